The van der Waals surface area contributed by atoms with Gasteiger partial charge in [-0.2, -0.15) is 5.26 Å². The van der Waals surface area contributed by atoms with Crippen molar-refractivity contribution in [3.63, 3.8) is 0 Å². The predicted octanol–water partition coefficient (Wildman–Crippen LogP) is 3.29. The van der Waals surface area contributed by atoms with Crippen LogP contribution >= 0.6 is 0 Å². The second kappa shape index (κ2) is 4.86. The summed E-state index contributed by atoms with van der Waals surface area (Å²) in [7, 11) is 0. The molecule has 0 fully saturated rings. The zero-order valence-electron chi connectivity index (χ0n) is 11.6. The van der Waals surface area contributed by atoms with E-state index in [0.717, 1.165) is 28.0 Å². The first kappa shape index (κ1) is 12.4. The minimum atomic E-state index is 0.629. The Morgan fingerprint density at radius 2 is 2.09 bits per heavy atom. The molecule has 104 valence electrons. The van der Waals surface area contributed by atoms with E-state index in [1.54, 1.807) is 18.6 Å². The Kier molecular flexibility index (Phi) is 2.73. The Bertz CT molecular complexity index is 1000. The van der Waals surface area contributed by atoms with Gasteiger partial charge in [0.1, 0.15) is 5.65 Å². The van der Waals surface area contributed by atoms with Crippen molar-refractivity contribution in [2.45, 2.75) is 0 Å². The van der Waals surface area contributed by atoms with E-state index in [-0.39, 0.29) is 0 Å². The van der Waals surface area contributed by atoms with Gasteiger partial charge in [-0.1, -0.05) is 12.1 Å². The fraction of sp³-hybridized carbons (Fsp3) is 0. The summed E-state index contributed by atoms with van der Waals surface area (Å²) >= 11 is 0. The van der Waals surface area contributed by atoms with E-state index in [1.165, 1.54) is 0 Å². The van der Waals surface area contributed by atoms with Gasteiger partial charge in [0.2, 0.25) is 0 Å². The van der Waals surface area contributed by atoms with Crippen LogP contribution in [0.15, 0.2) is 61.3 Å². The second-order valence-electron chi connectivity index (χ2n) is 4.93. The number of imidazole rings is 1. The number of pyridine rings is 1. The number of hydrogen-bond acceptors (Lipinski definition) is 3. The summed E-state index contributed by atoms with van der Waals surface area (Å²) in [5.41, 5.74) is 4.25. The lowest BCUT2D eigenvalue weighted by Crippen LogP contribution is -1.91. The van der Waals surface area contributed by atoms with Crippen molar-refractivity contribution < 1.29 is 0 Å². The van der Waals surface area contributed by atoms with Crippen molar-refractivity contribution in [2.24, 2.45) is 0 Å². The fourth-order valence-corrected chi connectivity index (χ4v) is 2.52. The summed E-state index contributed by atoms with van der Waals surface area (Å²) in [5.74, 6) is 0. The van der Waals surface area contributed by atoms with Crippen LogP contribution in [0.4, 0.5) is 0 Å². The van der Waals surface area contributed by atoms with Crippen LogP contribution < -0.4 is 0 Å². The zero-order valence-corrected chi connectivity index (χ0v) is 11.6. The Morgan fingerprint density at radius 3 is 3.00 bits per heavy atom. The highest BCUT2D eigenvalue weighted by Crippen LogP contribution is 2.23. The van der Waals surface area contributed by atoms with Crippen molar-refractivity contribution in [3.05, 3.63) is 66.9 Å². The van der Waals surface area contributed by atoms with Crippen LogP contribution in [0, 0.1) is 11.3 Å². The van der Waals surface area contributed by atoms with Crippen molar-refractivity contribution >= 4 is 11.0 Å². The smallest absolute Gasteiger partial charge is 0.139 e. The first-order chi connectivity index (χ1) is 10.8. The predicted molar refractivity (Wildman–Crippen MR) is 83.4 cm³/mol. The molecule has 1 N–H and O–H groups in total. The molecule has 0 aliphatic carbocycles. The molecule has 22 heavy (non-hydrogen) atoms. The molecule has 3 aromatic heterocycles. The number of aromatic amines is 1. The lowest BCUT2D eigenvalue weighted by atomic mass is 10.1. The highest BCUT2D eigenvalue weighted by atomic mass is 15.0. The van der Waals surface area contributed by atoms with E-state index < -0.39 is 0 Å². The quantitative estimate of drug-likeness (QED) is 0.614. The van der Waals surface area contributed by atoms with Gasteiger partial charge in [-0.25, -0.2) is 9.97 Å². The average Bonchev–Trinajstić information content (AvgIpc) is 3.23. The maximum atomic E-state index is 9.00. The van der Waals surface area contributed by atoms with E-state index in [0.29, 0.717) is 5.56 Å². The van der Waals surface area contributed by atoms with Gasteiger partial charge in [0.25, 0.3) is 0 Å². The number of rotatable bonds is 2. The van der Waals surface area contributed by atoms with Crippen LogP contribution in [0.2, 0.25) is 0 Å². The molecular weight excluding hydrogens is 274 g/mol. The molecule has 0 unspecified atom stereocenters. The molecule has 0 bridgehead atoms. The molecule has 3 heterocycles. The number of hydrogen-bond donors (Lipinski definition) is 1. The van der Waals surface area contributed by atoms with Gasteiger partial charge in [0.05, 0.1) is 29.3 Å². The number of benzene rings is 1. The summed E-state index contributed by atoms with van der Waals surface area (Å²) in [6, 6.07) is 13.5. The molecular formula is C17H11N5. The summed E-state index contributed by atoms with van der Waals surface area (Å²) in [6.45, 7) is 0. The minimum Gasteiger partial charge on any atom is -0.346 e. The lowest BCUT2D eigenvalue weighted by Gasteiger charge is -2.03. The monoisotopic (exact) mass is 285 g/mol. The van der Waals surface area contributed by atoms with Gasteiger partial charge in [-0.05, 0) is 24.3 Å². The maximum Gasteiger partial charge on any atom is 0.139 e. The summed E-state index contributed by atoms with van der Waals surface area (Å²) in [5, 5.41) is 10.0. The normalized spacial score (nSPS) is 10.7. The molecule has 0 aliphatic rings. The number of fused-ring (bicyclic) bond motifs is 1. The molecule has 4 aromatic rings. The standard InChI is InChI=1S/C17H11N5/c18-9-12-2-1-3-13(8-12)15-10-22(11-21-15)16-5-7-20-17-14(16)4-6-19-17/h1-8,10-11H,(H,19,20). The van der Waals surface area contributed by atoms with Crippen LogP contribution in [-0.4, -0.2) is 19.5 Å². The van der Waals surface area contributed by atoms with Crippen molar-refractivity contribution in [3.8, 4) is 23.0 Å². The van der Waals surface area contributed by atoms with Gasteiger partial charge in [0, 0.05) is 29.5 Å². The molecule has 0 amide bonds. The van der Waals surface area contributed by atoms with Crippen molar-refractivity contribution in [1.29, 1.82) is 5.26 Å². The molecule has 0 spiro atoms. The van der Waals surface area contributed by atoms with Crippen LogP contribution in [-0.2, 0) is 0 Å². The SMILES string of the molecule is N#Cc1cccc(-c2cn(-c3ccnc4[nH]ccc34)cn2)c1. The van der Waals surface area contributed by atoms with E-state index in [9.17, 15) is 0 Å². The summed E-state index contributed by atoms with van der Waals surface area (Å²) in [6.07, 6.45) is 7.37. The van der Waals surface area contributed by atoms with Crippen molar-refractivity contribution in [1.82, 2.24) is 19.5 Å². The topological polar surface area (TPSA) is 70.3 Å². The number of nitrogens with one attached hydrogen (secondary N) is 1. The second-order valence-corrected chi connectivity index (χ2v) is 4.93. The molecule has 1 aromatic carbocycles. The Hall–Kier alpha value is -3.39. The zero-order chi connectivity index (χ0) is 14.9. The van der Waals surface area contributed by atoms with Crippen LogP contribution in [0.1, 0.15) is 5.56 Å². The van der Waals surface area contributed by atoms with E-state index in [2.05, 4.69) is 21.0 Å². The average molecular weight is 285 g/mol. The van der Waals surface area contributed by atoms with Gasteiger partial charge < -0.3 is 9.55 Å². The lowest BCUT2D eigenvalue weighted by molar-refractivity contribution is 1.06. The fourth-order valence-electron chi connectivity index (χ4n) is 2.52. The van der Waals surface area contributed by atoms with E-state index in [4.69, 9.17) is 5.26 Å². The van der Waals surface area contributed by atoms with E-state index >= 15 is 0 Å². The van der Waals surface area contributed by atoms with E-state index in [1.807, 2.05) is 47.3 Å². The molecule has 0 aliphatic heterocycles. The number of aromatic nitrogens is 4. The molecule has 0 saturated heterocycles. The Morgan fingerprint density at radius 1 is 1.14 bits per heavy atom. The molecule has 0 atom stereocenters. The molecule has 0 saturated carbocycles. The van der Waals surface area contributed by atoms with Gasteiger partial charge in [-0.15, -0.1) is 0 Å². The Labute approximate surface area is 126 Å². The van der Waals surface area contributed by atoms with Gasteiger partial charge in [0.15, 0.2) is 0 Å². The van der Waals surface area contributed by atoms with Crippen LogP contribution in [0.3, 0.4) is 0 Å². The third-order valence-corrected chi connectivity index (χ3v) is 3.59. The van der Waals surface area contributed by atoms with Crippen LogP contribution in [0.25, 0.3) is 28.0 Å². The summed E-state index contributed by atoms with van der Waals surface area (Å²) < 4.78 is 1.96. The number of nitriles is 1. The van der Waals surface area contributed by atoms with Gasteiger partial charge in [-0.3, -0.25) is 0 Å². The van der Waals surface area contributed by atoms with Crippen LogP contribution in [0.5, 0.6) is 0 Å². The van der Waals surface area contributed by atoms with Gasteiger partial charge >= 0.3 is 0 Å². The molecule has 5 heteroatoms. The maximum absolute atomic E-state index is 9.00. The first-order valence-corrected chi connectivity index (χ1v) is 6.82. The van der Waals surface area contributed by atoms with Crippen molar-refractivity contribution in [2.75, 3.05) is 0 Å². The molecule has 5 nitrogen and oxygen atoms in total. The minimum absolute atomic E-state index is 0.629. The highest BCUT2D eigenvalue weighted by molar-refractivity contribution is 5.84. The number of H-pyrrole nitrogens is 1. The summed E-state index contributed by atoms with van der Waals surface area (Å²) in [4.78, 5) is 11.8. The third kappa shape index (κ3) is 1.95. The number of nitrogens with zero attached hydrogens (tertiary/aromatic N) is 4. The molecule has 4 rings (SSSR count). The third-order valence-electron chi connectivity index (χ3n) is 3.59. The Balaban J connectivity index is 1.81. The first-order valence-electron chi connectivity index (χ1n) is 6.82. The largest absolute Gasteiger partial charge is 0.346 e. The highest BCUT2D eigenvalue weighted by Gasteiger charge is 2.08. The molecule has 0 radical (unpaired) electrons.